The number of anilines is 1. The molecular formula is C12H12N2O3S. The summed E-state index contributed by atoms with van der Waals surface area (Å²) in [7, 11) is 2.90. The average Bonchev–Trinajstić information content (AvgIpc) is 2.83. The van der Waals surface area contributed by atoms with Crippen LogP contribution in [0.4, 0.5) is 5.13 Å². The van der Waals surface area contributed by atoms with Gasteiger partial charge in [0.15, 0.2) is 5.13 Å². The van der Waals surface area contributed by atoms with Crippen LogP contribution in [0.1, 0.15) is 10.4 Å². The van der Waals surface area contributed by atoms with E-state index in [9.17, 15) is 4.79 Å². The SMILES string of the molecule is COC(=O)c1ccc(OC)c(-c2csc(N)n2)c1. The van der Waals surface area contributed by atoms with Gasteiger partial charge in [0.1, 0.15) is 5.75 Å². The van der Waals surface area contributed by atoms with E-state index >= 15 is 0 Å². The van der Waals surface area contributed by atoms with Gasteiger partial charge in [0, 0.05) is 10.9 Å². The first kappa shape index (κ1) is 12.4. The predicted molar refractivity (Wildman–Crippen MR) is 69.9 cm³/mol. The number of rotatable bonds is 3. The molecule has 0 saturated carbocycles. The van der Waals surface area contributed by atoms with Crippen LogP contribution < -0.4 is 10.5 Å². The molecule has 2 rings (SSSR count). The molecule has 0 aliphatic rings. The molecule has 2 N–H and O–H groups in total. The van der Waals surface area contributed by atoms with E-state index in [1.807, 2.05) is 5.38 Å². The largest absolute Gasteiger partial charge is 0.496 e. The second-order valence-electron chi connectivity index (χ2n) is 3.48. The van der Waals surface area contributed by atoms with Crippen molar-refractivity contribution in [2.75, 3.05) is 20.0 Å². The number of carbonyl (C=O) groups excluding carboxylic acids is 1. The molecule has 5 nitrogen and oxygen atoms in total. The number of hydrogen-bond acceptors (Lipinski definition) is 6. The van der Waals surface area contributed by atoms with Gasteiger partial charge in [-0.05, 0) is 18.2 Å². The lowest BCUT2D eigenvalue weighted by molar-refractivity contribution is 0.0601. The van der Waals surface area contributed by atoms with Crippen molar-refractivity contribution in [1.29, 1.82) is 0 Å². The molecule has 0 amide bonds. The molecule has 0 atom stereocenters. The second kappa shape index (κ2) is 5.05. The summed E-state index contributed by atoms with van der Waals surface area (Å²) in [4.78, 5) is 15.7. The smallest absolute Gasteiger partial charge is 0.337 e. The molecule has 1 aromatic carbocycles. The zero-order valence-electron chi connectivity index (χ0n) is 9.97. The summed E-state index contributed by atoms with van der Waals surface area (Å²) < 4.78 is 9.93. The van der Waals surface area contributed by atoms with Crippen LogP contribution in [0.5, 0.6) is 5.75 Å². The number of nitrogens with zero attached hydrogens (tertiary/aromatic N) is 1. The lowest BCUT2D eigenvalue weighted by Gasteiger charge is -2.08. The molecule has 0 bridgehead atoms. The fourth-order valence-electron chi connectivity index (χ4n) is 1.56. The lowest BCUT2D eigenvalue weighted by atomic mass is 10.1. The van der Waals surface area contributed by atoms with Crippen LogP contribution in [0.2, 0.25) is 0 Å². The fourth-order valence-corrected chi connectivity index (χ4v) is 2.13. The third-order valence-electron chi connectivity index (χ3n) is 2.42. The molecule has 6 heteroatoms. The van der Waals surface area contributed by atoms with Gasteiger partial charge < -0.3 is 15.2 Å². The van der Waals surface area contributed by atoms with Crippen molar-refractivity contribution in [1.82, 2.24) is 4.98 Å². The summed E-state index contributed by atoms with van der Waals surface area (Å²) >= 11 is 1.33. The van der Waals surface area contributed by atoms with Gasteiger partial charge in [0.25, 0.3) is 0 Å². The number of nitrogen functional groups attached to an aromatic ring is 1. The molecule has 18 heavy (non-hydrogen) atoms. The lowest BCUT2D eigenvalue weighted by Crippen LogP contribution is -2.02. The first-order valence-electron chi connectivity index (χ1n) is 5.13. The Morgan fingerprint density at radius 2 is 2.17 bits per heavy atom. The molecule has 0 spiro atoms. The number of thiazole rings is 1. The number of methoxy groups -OCH3 is 2. The highest BCUT2D eigenvalue weighted by Crippen LogP contribution is 2.32. The van der Waals surface area contributed by atoms with Crippen LogP contribution in [0.3, 0.4) is 0 Å². The zero-order chi connectivity index (χ0) is 13.1. The summed E-state index contributed by atoms with van der Waals surface area (Å²) in [5.41, 5.74) is 7.45. The van der Waals surface area contributed by atoms with Gasteiger partial charge in [0.05, 0.1) is 25.5 Å². The Bertz CT molecular complexity index is 580. The van der Waals surface area contributed by atoms with Gasteiger partial charge in [-0.25, -0.2) is 9.78 Å². The zero-order valence-corrected chi connectivity index (χ0v) is 10.8. The maximum absolute atomic E-state index is 11.5. The highest BCUT2D eigenvalue weighted by molar-refractivity contribution is 7.13. The van der Waals surface area contributed by atoms with Gasteiger partial charge in [-0.1, -0.05) is 0 Å². The number of aromatic nitrogens is 1. The van der Waals surface area contributed by atoms with Crippen LogP contribution in [0, 0.1) is 0 Å². The maximum Gasteiger partial charge on any atom is 0.337 e. The molecule has 1 aromatic heterocycles. The van der Waals surface area contributed by atoms with Crippen molar-refractivity contribution >= 4 is 22.4 Å². The minimum Gasteiger partial charge on any atom is -0.496 e. The molecule has 0 saturated heterocycles. The number of nitrogens with two attached hydrogens (primary N) is 1. The fraction of sp³-hybridized carbons (Fsp3) is 0.167. The van der Waals surface area contributed by atoms with Gasteiger partial charge in [-0.3, -0.25) is 0 Å². The number of benzene rings is 1. The monoisotopic (exact) mass is 264 g/mol. The van der Waals surface area contributed by atoms with Crippen molar-refractivity contribution in [3.8, 4) is 17.0 Å². The first-order valence-corrected chi connectivity index (χ1v) is 6.01. The number of esters is 1. The van der Waals surface area contributed by atoms with E-state index in [1.165, 1.54) is 18.4 Å². The molecule has 0 aliphatic carbocycles. The van der Waals surface area contributed by atoms with Gasteiger partial charge in [0.2, 0.25) is 0 Å². The molecule has 0 radical (unpaired) electrons. The van der Waals surface area contributed by atoms with Crippen LogP contribution >= 0.6 is 11.3 Å². The molecule has 2 aromatic rings. The standard InChI is InChI=1S/C12H12N2O3S/c1-16-10-4-3-7(11(15)17-2)5-8(10)9-6-18-12(13)14-9/h3-6H,1-2H3,(H2,13,14). The Hall–Kier alpha value is -2.08. The topological polar surface area (TPSA) is 74.4 Å². The summed E-state index contributed by atoms with van der Waals surface area (Å²) in [6, 6.07) is 5.03. The summed E-state index contributed by atoms with van der Waals surface area (Å²) in [6.07, 6.45) is 0. The minimum absolute atomic E-state index is 0.401. The number of ether oxygens (including phenoxy) is 2. The minimum atomic E-state index is -0.401. The van der Waals surface area contributed by atoms with E-state index in [0.717, 1.165) is 0 Å². The quantitative estimate of drug-likeness (QED) is 0.860. The van der Waals surface area contributed by atoms with Crippen molar-refractivity contribution in [3.63, 3.8) is 0 Å². The van der Waals surface area contributed by atoms with Crippen molar-refractivity contribution < 1.29 is 14.3 Å². The van der Waals surface area contributed by atoms with Gasteiger partial charge in [-0.2, -0.15) is 0 Å². The highest BCUT2D eigenvalue weighted by atomic mass is 32.1. The van der Waals surface area contributed by atoms with Crippen molar-refractivity contribution in [2.24, 2.45) is 0 Å². The van der Waals surface area contributed by atoms with Crippen LogP contribution in [0.25, 0.3) is 11.3 Å². The predicted octanol–water partition coefficient (Wildman–Crippen LogP) is 2.19. The molecule has 0 aliphatic heterocycles. The van der Waals surface area contributed by atoms with Crippen molar-refractivity contribution in [2.45, 2.75) is 0 Å². The van der Waals surface area contributed by atoms with E-state index in [-0.39, 0.29) is 0 Å². The van der Waals surface area contributed by atoms with E-state index in [4.69, 9.17) is 10.5 Å². The Balaban J connectivity index is 2.52. The number of carbonyl (C=O) groups is 1. The highest BCUT2D eigenvalue weighted by Gasteiger charge is 2.13. The second-order valence-corrected chi connectivity index (χ2v) is 4.37. The Morgan fingerprint density at radius 1 is 1.39 bits per heavy atom. The van der Waals surface area contributed by atoms with Gasteiger partial charge in [-0.15, -0.1) is 11.3 Å². The summed E-state index contributed by atoms with van der Waals surface area (Å²) in [5, 5.41) is 2.28. The molecule has 1 heterocycles. The third-order valence-corrected chi connectivity index (χ3v) is 3.09. The van der Waals surface area contributed by atoms with Gasteiger partial charge >= 0.3 is 5.97 Å². The van der Waals surface area contributed by atoms with E-state index in [0.29, 0.717) is 27.7 Å². The van der Waals surface area contributed by atoms with Crippen LogP contribution in [0.15, 0.2) is 23.6 Å². The average molecular weight is 264 g/mol. The van der Waals surface area contributed by atoms with E-state index in [1.54, 1.807) is 25.3 Å². The first-order chi connectivity index (χ1) is 8.65. The van der Waals surface area contributed by atoms with Crippen LogP contribution in [-0.4, -0.2) is 25.2 Å². The molecular weight excluding hydrogens is 252 g/mol. The Labute approximate surface area is 108 Å². The Morgan fingerprint density at radius 3 is 2.72 bits per heavy atom. The Kier molecular flexibility index (Phi) is 3.47. The summed E-state index contributed by atoms with van der Waals surface area (Å²) in [5.74, 6) is 0.232. The maximum atomic E-state index is 11.5. The molecule has 0 unspecified atom stereocenters. The van der Waals surface area contributed by atoms with Crippen LogP contribution in [-0.2, 0) is 4.74 Å². The normalized spacial score (nSPS) is 10.1. The van der Waals surface area contributed by atoms with Crippen molar-refractivity contribution in [3.05, 3.63) is 29.1 Å². The van der Waals surface area contributed by atoms with E-state index in [2.05, 4.69) is 9.72 Å². The third kappa shape index (κ3) is 2.28. The summed E-state index contributed by atoms with van der Waals surface area (Å²) in [6.45, 7) is 0. The van der Waals surface area contributed by atoms with E-state index < -0.39 is 5.97 Å². The molecule has 94 valence electrons. The molecule has 0 fully saturated rings. The number of hydrogen-bond donors (Lipinski definition) is 1.